The van der Waals surface area contributed by atoms with Crippen molar-refractivity contribution in [3.05, 3.63) is 30.3 Å². The Balaban J connectivity index is 1.98. The minimum Gasteiger partial charge on any atom is -0.266 e. The summed E-state index contributed by atoms with van der Waals surface area (Å²) in [5.74, 6) is 0.407. The highest BCUT2D eigenvalue weighted by atomic mass is 32.2. The number of benzene rings is 1. The van der Waals surface area contributed by atoms with Gasteiger partial charge in [-0.3, -0.25) is 4.18 Å². The van der Waals surface area contributed by atoms with Crippen LogP contribution in [0.4, 0.5) is 0 Å². The van der Waals surface area contributed by atoms with E-state index in [0.717, 1.165) is 12.8 Å². The van der Waals surface area contributed by atoms with Gasteiger partial charge in [0.15, 0.2) is 0 Å². The van der Waals surface area contributed by atoms with Gasteiger partial charge in [0.25, 0.3) is 10.1 Å². The first kappa shape index (κ1) is 11.6. The van der Waals surface area contributed by atoms with E-state index < -0.39 is 10.1 Å². The summed E-state index contributed by atoms with van der Waals surface area (Å²) in [4.78, 5) is 0.212. The van der Waals surface area contributed by atoms with Gasteiger partial charge in [0.2, 0.25) is 0 Å². The molecule has 1 fully saturated rings. The normalized spacial score (nSPS) is 17.8. The lowest BCUT2D eigenvalue weighted by Crippen LogP contribution is -2.12. The minimum atomic E-state index is -3.57. The lowest BCUT2D eigenvalue weighted by Gasteiger charge is -2.09. The fraction of sp³-hybridized carbons (Fsp3) is 0.500. The second-order valence-corrected chi connectivity index (χ2v) is 5.74. The summed E-state index contributed by atoms with van der Waals surface area (Å²) in [6.45, 7) is 0.320. The largest absolute Gasteiger partial charge is 0.296 e. The van der Waals surface area contributed by atoms with Crippen LogP contribution in [0.15, 0.2) is 29.2 Å². The smallest absolute Gasteiger partial charge is 0.266 e. The first-order valence-corrected chi connectivity index (χ1v) is 6.95. The van der Waals surface area contributed by atoms with E-state index in [1.54, 1.807) is 12.1 Å². The Hall–Kier alpha value is -0.870. The van der Waals surface area contributed by atoms with E-state index in [2.05, 4.69) is 6.07 Å². The van der Waals surface area contributed by atoms with Crippen molar-refractivity contribution >= 4 is 10.1 Å². The molecule has 0 atom stereocenters. The summed E-state index contributed by atoms with van der Waals surface area (Å²) in [6.07, 6.45) is 4.54. The monoisotopic (exact) mass is 239 g/mol. The van der Waals surface area contributed by atoms with E-state index in [0.29, 0.717) is 12.5 Å². The molecule has 2 rings (SSSR count). The van der Waals surface area contributed by atoms with Crippen LogP contribution in [0, 0.1) is 12.0 Å². The van der Waals surface area contributed by atoms with E-state index in [4.69, 9.17) is 4.18 Å². The lowest BCUT2D eigenvalue weighted by atomic mass is 10.1. The predicted molar refractivity (Wildman–Crippen MR) is 60.4 cm³/mol. The molecule has 87 valence electrons. The standard InChI is InChI=1S/C12H15O3S/c13-16(14,12-8-2-1-3-9-12)15-10-11-6-4-5-7-11/h2-3,8-9,11H,4-7,10H2. The number of hydrogen-bond donors (Lipinski definition) is 0. The van der Waals surface area contributed by atoms with Gasteiger partial charge in [0.05, 0.1) is 11.5 Å². The van der Waals surface area contributed by atoms with E-state index in [1.165, 1.54) is 25.0 Å². The van der Waals surface area contributed by atoms with Crippen molar-refractivity contribution in [2.24, 2.45) is 5.92 Å². The van der Waals surface area contributed by atoms with Crippen LogP contribution in [-0.2, 0) is 14.3 Å². The highest BCUT2D eigenvalue weighted by Gasteiger charge is 2.20. The zero-order valence-corrected chi connectivity index (χ0v) is 9.87. The third-order valence-corrected chi connectivity index (χ3v) is 4.21. The summed E-state index contributed by atoms with van der Waals surface area (Å²) >= 11 is 0. The molecule has 0 heterocycles. The molecule has 0 saturated heterocycles. The molecule has 0 unspecified atom stereocenters. The van der Waals surface area contributed by atoms with Gasteiger partial charge < -0.3 is 0 Å². The average Bonchev–Trinajstić information content (AvgIpc) is 2.81. The molecule has 0 aromatic heterocycles. The van der Waals surface area contributed by atoms with Gasteiger partial charge in [-0.1, -0.05) is 25.0 Å². The molecule has 1 aliphatic rings. The zero-order valence-electron chi connectivity index (χ0n) is 9.06. The zero-order chi connectivity index (χ0) is 11.4. The van der Waals surface area contributed by atoms with Crippen molar-refractivity contribution < 1.29 is 12.6 Å². The molecular formula is C12H15O3S. The second kappa shape index (κ2) is 4.97. The Bertz CT molecular complexity index is 419. The molecule has 3 nitrogen and oxygen atoms in total. The summed E-state index contributed by atoms with van der Waals surface area (Å²) in [6, 6.07) is 8.94. The summed E-state index contributed by atoms with van der Waals surface area (Å²) in [7, 11) is -3.57. The average molecular weight is 239 g/mol. The SMILES string of the molecule is O=S(=O)(OCC1CCCC1)c1cc[c]cc1. The molecule has 1 radical (unpaired) electrons. The van der Waals surface area contributed by atoms with Crippen molar-refractivity contribution in [2.75, 3.05) is 6.61 Å². The van der Waals surface area contributed by atoms with Gasteiger partial charge in [-0.15, -0.1) is 0 Å². The number of rotatable bonds is 4. The molecule has 0 aliphatic heterocycles. The van der Waals surface area contributed by atoms with Crippen LogP contribution in [0.25, 0.3) is 0 Å². The van der Waals surface area contributed by atoms with Gasteiger partial charge in [0.1, 0.15) is 0 Å². The highest BCUT2D eigenvalue weighted by Crippen LogP contribution is 2.26. The Morgan fingerprint density at radius 2 is 1.88 bits per heavy atom. The van der Waals surface area contributed by atoms with Gasteiger partial charge in [-0.2, -0.15) is 8.42 Å². The van der Waals surface area contributed by atoms with Crippen molar-refractivity contribution in [3.8, 4) is 0 Å². The third kappa shape index (κ3) is 2.83. The molecule has 16 heavy (non-hydrogen) atoms. The lowest BCUT2D eigenvalue weighted by molar-refractivity contribution is 0.257. The Morgan fingerprint density at radius 3 is 2.50 bits per heavy atom. The summed E-state index contributed by atoms with van der Waals surface area (Å²) < 4.78 is 28.6. The molecular weight excluding hydrogens is 224 g/mol. The molecule has 1 aromatic carbocycles. The highest BCUT2D eigenvalue weighted by molar-refractivity contribution is 7.86. The van der Waals surface area contributed by atoms with Crippen molar-refractivity contribution in [3.63, 3.8) is 0 Å². The quantitative estimate of drug-likeness (QED) is 0.758. The minimum absolute atomic E-state index is 0.212. The van der Waals surface area contributed by atoms with Crippen LogP contribution in [0.2, 0.25) is 0 Å². The van der Waals surface area contributed by atoms with Crippen LogP contribution in [0.1, 0.15) is 25.7 Å². The van der Waals surface area contributed by atoms with Crippen LogP contribution in [0.3, 0.4) is 0 Å². The van der Waals surface area contributed by atoms with Gasteiger partial charge in [0, 0.05) is 0 Å². The molecule has 0 amide bonds. The fourth-order valence-electron chi connectivity index (χ4n) is 1.97. The van der Waals surface area contributed by atoms with Crippen LogP contribution >= 0.6 is 0 Å². The van der Waals surface area contributed by atoms with Crippen LogP contribution in [-0.4, -0.2) is 15.0 Å². The predicted octanol–water partition coefficient (Wildman–Crippen LogP) is 2.38. The van der Waals surface area contributed by atoms with Crippen LogP contribution < -0.4 is 0 Å². The van der Waals surface area contributed by atoms with E-state index in [1.807, 2.05) is 0 Å². The Morgan fingerprint density at radius 1 is 1.25 bits per heavy atom. The fourth-order valence-corrected chi connectivity index (χ4v) is 2.95. The maximum Gasteiger partial charge on any atom is 0.296 e. The first-order chi connectivity index (χ1) is 7.68. The molecule has 1 aliphatic carbocycles. The molecule has 0 N–H and O–H groups in total. The molecule has 0 bridgehead atoms. The maximum atomic E-state index is 11.8. The van der Waals surface area contributed by atoms with E-state index in [9.17, 15) is 8.42 Å². The third-order valence-electron chi connectivity index (χ3n) is 2.91. The summed E-state index contributed by atoms with van der Waals surface area (Å²) in [5, 5.41) is 0. The first-order valence-electron chi connectivity index (χ1n) is 5.54. The summed E-state index contributed by atoms with van der Waals surface area (Å²) in [5.41, 5.74) is 0. The molecule has 4 heteroatoms. The van der Waals surface area contributed by atoms with Crippen molar-refractivity contribution in [1.82, 2.24) is 0 Å². The maximum absolute atomic E-state index is 11.8. The molecule has 1 aromatic rings. The second-order valence-electron chi connectivity index (χ2n) is 4.12. The van der Waals surface area contributed by atoms with Crippen LogP contribution in [0.5, 0.6) is 0 Å². The topological polar surface area (TPSA) is 43.4 Å². The molecule has 0 spiro atoms. The van der Waals surface area contributed by atoms with Gasteiger partial charge in [-0.05, 0) is 37.0 Å². The van der Waals surface area contributed by atoms with Crippen molar-refractivity contribution in [2.45, 2.75) is 30.6 Å². The van der Waals surface area contributed by atoms with E-state index >= 15 is 0 Å². The number of hydrogen-bond acceptors (Lipinski definition) is 3. The van der Waals surface area contributed by atoms with E-state index in [-0.39, 0.29) is 4.90 Å². The van der Waals surface area contributed by atoms with Gasteiger partial charge >= 0.3 is 0 Å². The van der Waals surface area contributed by atoms with Crippen molar-refractivity contribution in [1.29, 1.82) is 0 Å². The Labute approximate surface area is 96.6 Å². The van der Waals surface area contributed by atoms with Gasteiger partial charge in [-0.25, -0.2) is 0 Å². The Kier molecular flexibility index (Phi) is 3.61. The molecule has 1 saturated carbocycles.